The molecule has 13 heavy (non-hydrogen) atoms. The van der Waals surface area contributed by atoms with E-state index in [1.54, 1.807) is 0 Å². The van der Waals surface area contributed by atoms with Gasteiger partial charge < -0.3 is 5.11 Å². The summed E-state index contributed by atoms with van der Waals surface area (Å²) in [4.78, 5) is 0.271. The average Bonchev–Trinajstić information content (AvgIpc) is 2.05. The second-order valence-corrected chi connectivity index (χ2v) is 4.92. The molecule has 0 heterocycles. The van der Waals surface area contributed by atoms with Crippen molar-refractivity contribution in [1.82, 2.24) is 0 Å². The van der Waals surface area contributed by atoms with Gasteiger partial charge in [-0.05, 0) is 30.7 Å². The molecule has 72 valence electrons. The highest BCUT2D eigenvalue weighted by Gasteiger charge is 2.11. The van der Waals surface area contributed by atoms with Crippen LogP contribution in [0.2, 0.25) is 0 Å². The van der Waals surface area contributed by atoms with E-state index in [9.17, 15) is 8.42 Å². The zero-order valence-corrected chi connectivity index (χ0v) is 8.21. The Morgan fingerprint density at radius 2 is 1.77 bits per heavy atom. The van der Waals surface area contributed by atoms with Gasteiger partial charge in [0.1, 0.15) is 5.75 Å². The van der Waals surface area contributed by atoms with Gasteiger partial charge in [0.05, 0.1) is 10.6 Å². The van der Waals surface area contributed by atoms with Crippen molar-refractivity contribution in [1.29, 1.82) is 0 Å². The average molecular weight is 200 g/mol. The van der Waals surface area contributed by atoms with Crippen molar-refractivity contribution in [2.24, 2.45) is 0 Å². The largest absolute Gasteiger partial charge is 0.508 e. The van der Waals surface area contributed by atoms with Gasteiger partial charge in [0.25, 0.3) is 0 Å². The Balaban J connectivity index is 3.02. The standard InChI is InChI=1S/C9H12O3S/c1-2-7-13(11,12)9-5-3-8(10)4-6-9/h3-6,10H,2,7H2,1H3. The molecule has 0 aliphatic carbocycles. The highest BCUT2D eigenvalue weighted by atomic mass is 32.2. The van der Waals surface area contributed by atoms with Crippen molar-refractivity contribution in [2.75, 3.05) is 5.75 Å². The molecule has 4 heteroatoms. The number of hydrogen-bond acceptors (Lipinski definition) is 3. The zero-order chi connectivity index (χ0) is 9.90. The molecule has 0 unspecified atom stereocenters. The number of benzene rings is 1. The first-order chi connectivity index (χ1) is 6.06. The molecular weight excluding hydrogens is 188 g/mol. The number of phenolic OH excluding ortho intramolecular Hbond substituents is 1. The molecule has 0 amide bonds. The molecule has 3 nitrogen and oxygen atoms in total. The summed E-state index contributed by atoms with van der Waals surface area (Å²) in [5.74, 6) is 0.230. The van der Waals surface area contributed by atoms with E-state index < -0.39 is 9.84 Å². The molecule has 0 atom stereocenters. The van der Waals surface area contributed by atoms with E-state index in [-0.39, 0.29) is 16.4 Å². The van der Waals surface area contributed by atoms with Crippen LogP contribution in [0.5, 0.6) is 5.75 Å². The third kappa shape index (κ3) is 2.45. The molecule has 1 rings (SSSR count). The lowest BCUT2D eigenvalue weighted by Gasteiger charge is -2.01. The minimum atomic E-state index is -3.14. The fraction of sp³-hybridized carbons (Fsp3) is 0.333. The Kier molecular flexibility index (Phi) is 2.93. The Morgan fingerprint density at radius 1 is 1.23 bits per heavy atom. The van der Waals surface area contributed by atoms with Gasteiger partial charge in [0, 0.05) is 0 Å². The Labute approximate surface area is 77.9 Å². The number of hydrogen-bond donors (Lipinski definition) is 1. The summed E-state index contributed by atoms with van der Waals surface area (Å²) in [5, 5.41) is 8.96. The predicted octanol–water partition coefficient (Wildman–Crippen LogP) is 1.58. The van der Waals surface area contributed by atoms with Crippen molar-refractivity contribution in [3.63, 3.8) is 0 Å². The Bertz CT molecular complexity index is 364. The molecule has 0 saturated carbocycles. The molecule has 0 saturated heterocycles. The van der Waals surface area contributed by atoms with Crippen LogP contribution in [0, 0.1) is 0 Å². The highest BCUT2D eigenvalue weighted by Crippen LogP contribution is 2.15. The lowest BCUT2D eigenvalue weighted by Crippen LogP contribution is -2.05. The lowest BCUT2D eigenvalue weighted by molar-refractivity contribution is 0.475. The second kappa shape index (κ2) is 3.79. The van der Waals surface area contributed by atoms with Crippen molar-refractivity contribution in [2.45, 2.75) is 18.2 Å². The SMILES string of the molecule is CCCS(=O)(=O)c1ccc(O)cc1. The number of phenols is 1. The van der Waals surface area contributed by atoms with Gasteiger partial charge in [-0.25, -0.2) is 8.42 Å². The molecule has 0 radical (unpaired) electrons. The summed E-state index contributed by atoms with van der Waals surface area (Å²) in [6.45, 7) is 1.82. The second-order valence-electron chi connectivity index (χ2n) is 2.81. The fourth-order valence-electron chi connectivity index (χ4n) is 1.04. The number of sulfone groups is 1. The topological polar surface area (TPSA) is 54.4 Å². The molecule has 0 bridgehead atoms. The molecule has 0 spiro atoms. The summed E-state index contributed by atoms with van der Waals surface area (Å²) in [6, 6.07) is 5.59. The van der Waals surface area contributed by atoms with Crippen molar-refractivity contribution in [3.8, 4) is 5.75 Å². The van der Waals surface area contributed by atoms with E-state index >= 15 is 0 Å². The molecule has 0 aliphatic rings. The summed E-state index contributed by atoms with van der Waals surface area (Å²) >= 11 is 0. The van der Waals surface area contributed by atoms with E-state index in [0.717, 1.165) is 0 Å². The van der Waals surface area contributed by atoms with Gasteiger partial charge in [-0.15, -0.1) is 0 Å². The molecule has 0 fully saturated rings. The quantitative estimate of drug-likeness (QED) is 0.805. The molecule has 0 aromatic heterocycles. The predicted molar refractivity (Wildman–Crippen MR) is 50.5 cm³/mol. The lowest BCUT2D eigenvalue weighted by atomic mass is 10.3. The minimum absolute atomic E-state index is 0.0791. The van der Waals surface area contributed by atoms with Crippen LogP contribution >= 0.6 is 0 Å². The zero-order valence-electron chi connectivity index (χ0n) is 7.40. The van der Waals surface area contributed by atoms with Crippen LogP contribution in [0.3, 0.4) is 0 Å². The third-order valence-electron chi connectivity index (χ3n) is 1.67. The monoisotopic (exact) mass is 200 g/mol. The van der Waals surface area contributed by atoms with Gasteiger partial charge in [0.2, 0.25) is 0 Å². The van der Waals surface area contributed by atoms with Crippen LogP contribution in [-0.4, -0.2) is 19.3 Å². The summed E-state index contributed by atoms with van der Waals surface area (Å²) < 4.78 is 22.9. The third-order valence-corrected chi connectivity index (χ3v) is 3.60. The van der Waals surface area contributed by atoms with E-state index in [0.29, 0.717) is 6.42 Å². The van der Waals surface area contributed by atoms with Gasteiger partial charge in [-0.1, -0.05) is 6.92 Å². The van der Waals surface area contributed by atoms with E-state index in [1.807, 2.05) is 6.92 Å². The summed E-state index contributed by atoms with van der Waals surface area (Å²) in [5.41, 5.74) is 0. The van der Waals surface area contributed by atoms with Gasteiger partial charge in [-0.3, -0.25) is 0 Å². The van der Waals surface area contributed by atoms with E-state index in [1.165, 1.54) is 24.3 Å². The van der Waals surface area contributed by atoms with Crippen molar-refractivity contribution >= 4 is 9.84 Å². The van der Waals surface area contributed by atoms with Crippen LogP contribution in [0.1, 0.15) is 13.3 Å². The first kappa shape index (κ1) is 10.1. The van der Waals surface area contributed by atoms with Crippen LogP contribution in [0.4, 0.5) is 0 Å². The van der Waals surface area contributed by atoms with Gasteiger partial charge >= 0.3 is 0 Å². The van der Waals surface area contributed by atoms with Gasteiger partial charge in [0.15, 0.2) is 9.84 Å². The maximum absolute atomic E-state index is 11.5. The smallest absolute Gasteiger partial charge is 0.178 e. The minimum Gasteiger partial charge on any atom is -0.508 e. The summed E-state index contributed by atoms with van der Waals surface area (Å²) in [7, 11) is -3.14. The normalized spacial score (nSPS) is 11.5. The number of rotatable bonds is 3. The number of aromatic hydroxyl groups is 1. The first-order valence-corrected chi connectivity index (χ1v) is 5.73. The Morgan fingerprint density at radius 3 is 2.23 bits per heavy atom. The Hall–Kier alpha value is -1.03. The van der Waals surface area contributed by atoms with Crippen LogP contribution < -0.4 is 0 Å². The molecule has 1 aromatic rings. The molecule has 1 N–H and O–H groups in total. The molecule has 1 aromatic carbocycles. The van der Waals surface area contributed by atoms with Crippen molar-refractivity contribution in [3.05, 3.63) is 24.3 Å². The molecular formula is C9H12O3S. The summed E-state index contributed by atoms with van der Waals surface area (Å²) in [6.07, 6.45) is 0.600. The highest BCUT2D eigenvalue weighted by molar-refractivity contribution is 7.91. The fourth-order valence-corrected chi connectivity index (χ4v) is 2.36. The first-order valence-electron chi connectivity index (χ1n) is 4.08. The van der Waals surface area contributed by atoms with Crippen LogP contribution in [-0.2, 0) is 9.84 Å². The van der Waals surface area contributed by atoms with E-state index in [2.05, 4.69) is 0 Å². The maximum atomic E-state index is 11.5. The maximum Gasteiger partial charge on any atom is 0.178 e. The van der Waals surface area contributed by atoms with Crippen LogP contribution in [0.15, 0.2) is 29.2 Å². The van der Waals surface area contributed by atoms with Crippen molar-refractivity contribution < 1.29 is 13.5 Å². The van der Waals surface area contributed by atoms with Gasteiger partial charge in [-0.2, -0.15) is 0 Å². The van der Waals surface area contributed by atoms with E-state index in [4.69, 9.17) is 5.11 Å². The van der Waals surface area contributed by atoms with Crippen LogP contribution in [0.25, 0.3) is 0 Å². The molecule has 0 aliphatic heterocycles.